The molecule has 0 aliphatic carbocycles. The van der Waals surface area contributed by atoms with Crippen molar-refractivity contribution in [2.45, 2.75) is 77.6 Å². The highest BCUT2D eigenvalue weighted by molar-refractivity contribution is 5.69. The van der Waals surface area contributed by atoms with Crippen LogP contribution in [0.5, 0.6) is 0 Å². The Morgan fingerprint density at radius 3 is 2.39 bits per heavy atom. The SMILES string of the molecule is CC[C@@H]1C[C@H](Nc2ncn(C)n2)C[C@H](CC)N1C(=O)OC(C)C. The fraction of sp³-hybridized carbons (Fsp3) is 0.812. The topological polar surface area (TPSA) is 72.3 Å². The number of nitrogens with one attached hydrogen (secondary N) is 1. The van der Waals surface area contributed by atoms with Crippen LogP contribution in [-0.2, 0) is 11.8 Å². The van der Waals surface area contributed by atoms with Crippen LogP contribution in [0, 0.1) is 0 Å². The van der Waals surface area contributed by atoms with Crippen molar-refractivity contribution in [3.63, 3.8) is 0 Å². The van der Waals surface area contributed by atoms with Gasteiger partial charge < -0.3 is 15.0 Å². The Kier molecular flexibility index (Phi) is 5.85. The molecule has 7 heteroatoms. The zero-order chi connectivity index (χ0) is 17.0. The zero-order valence-corrected chi connectivity index (χ0v) is 14.8. The van der Waals surface area contributed by atoms with Crippen LogP contribution in [0.1, 0.15) is 53.4 Å². The van der Waals surface area contributed by atoms with Crippen molar-refractivity contribution < 1.29 is 9.53 Å². The van der Waals surface area contributed by atoms with E-state index in [0.29, 0.717) is 5.95 Å². The average Bonchev–Trinajstić information content (AvgIpc) is 2.90. The lowest BCUT2D eigenvalue weighted by atomic mass is 9.89. The van der Waals surface area contributed by atoms with E-state index in [-0.39, 0.29) is 30.3 Å². The number of aromatic nitrogens is 3. The molecular formula is C16H29N5O2. The Morgan fingerprint density at radius 1 is 1.35 bits per heavy atom. The lowest BCUT2D eigenvalue weighted by Gasteiger charge is -2.44. The second-order valence-corrected chi connectivity index (χ2v) is 6.52. The summed E-state index contributed by atoms with van der Waals surface area (Å²) in [5, 5.41) is 7.70. The van der Waals surface area contributed by atoms with Gasteiger partial charge in [0.15, 0.2) is 0 Å². The van der Waals surface area contributed by atoms with Crippen LogP contribution < -0.4 is 5.32 Å². The molecule has 130 valence electrons. The second kappa shape index (κ2) is 7.66. The zero-order valence-electron chi connectivity index (χ0n) is 14.8. The number of nitrogens with zero attached hydrogens (tertiary/aromatic N) is 4. The van der Waals surface area contributed by atoms with Crippen LogP contribution in [0.4, 0.5) is 10.7 Å². The van der Waals surface area contributed by atoms with E-state index in [1.807, 2.05) is 25.8 Å². The summed E-state index contributed by atoms with van der Waals surface area (Å²) < 4.78 is 7.14. The van der Waals surface area contributed by atoms with Crippen molar-refractivity contribution >= 4 is 12.0 Å². The lowest BCUT2D eigenvalue weighted by molar-refractivity contribution is 0.0254. The number of anilines is 1. The minimum atomic E-state index is -0.187. The molecule has 1 saturated heterocycles. The van der Waals surface area contributed by atoms with Crippen molar-refractivity contribution in [1.29, 1.82) is 0 Å². The van der Waals surface area contributed by atoms with E-state index in [4.69, 9.17) is 4.74 Å². The first-order chi connectivity index (χ1) is 10.9. The number of rotatable bonds is 5. The third-order valence-corrected chi connectivity index (χ3v) is 4.32. The molecule has 2 rings (SSSR count). The minimum Gasteiger partial charge on any atom is -0.447 e. The Bertz CT molecular complexity index is 502. The molecule has 0 aromatic carbocycles. The first-order valence-electron chi connectivity index (χ1n) is 8.55. The van der Waals surface area contributed by atoms with Gasteiger partial charge in [0.1, 0.15) is 6.33 Å². The normalized spacial score (nSPS) is 24.8. The number of likely N-dealkylation sites (tertiary alicyclic amines) is 1. The smallest absolute Gasteiger partial charge is 0.410 e. The van der Waals surface area contributed by atoms with E-state index in [2.05, 4.69) is 29.2 Å². The average molecular weight is 323 g/mol. The van der Waals surface area contributed by atoms with Crippen LogP contribution in [0.3, 0.4) is 0 Å². The molecule has 1 aromatic rings. The van der Waals surface area contributed by atoms with Crippen LogP contribution in [0.15, 0.2) is 6.33 Å². The summed E-state index contributed by atoms with van der Waals surface area (Å²) in [4.78, 5) is 18.7. The van der Waals surface area contributed by atoms with E-state index < -0.39 is 0 Å². The van der Waals surface area contributed by atoms with Gasteiger partial charge in [-0.3, -0.25) is 4.68 Å². The van der Waals surface area contributed by atoms with Gasteiger partial charge in [-0.25, -0.2) is 9.78 Å². The van der Waals surface area contributed by atoms with E-state index in [9.17, 15) is 4.79 Å². The van der Waals surface area contributed by atoms with Crippen LogP contribution >= 0.6 is 0 Å². The molecule has 1 aliphatic rings. The van der Waals surface area contributed by atoms with Gasteiger partial charge in [0, 0.05) is 25.2 Å². The molecule has 1 aliphatic heterocycles. The monoisotopic (exact) mass is 323 g/mol. The number of aryl methyl sites for hydroxylation is 1. The van der Waals surface area contributed by atoms with Gasteiger partial charge in [0.25, 0.3) is 0 Å². The lowest BCUT2D eigenvalue weighted by Crippen LogP contribution is -2.55. The molecule has 1 amide bonds. The first-order valence-corrected chi connectivity index (χ1v) is 8.55. The Morgan fingerprint density at radius 2 is 1.96 bits per heavy atom. The van der Waals surface area contributed by atoms with Crippen molar-refractivity contribution in [1.82, 2.24) is 19.7 Å². The molecule has 1 N–H and O–H groups in total. The van der Waals surface area contributed by atoms with Gasteiger partial charge in [-0.15, -0.1) is 5.10 Å². The number of amides is 1. The van der Waals surface area contributed by atoms with E-state index in [1.165, 1.54) is 0 Å². The Hall–Kier alpha value is -1.79. The standard InChI is InChI=1S/C16H29N5O2/c1-6-13-8-12(18-15-17-10-20(5)19-15)9-14(7-2)21(13)16(22)23-11(3)4/h10-14H,6-9H2,1-5H3,(H,18,19)/t12-,13+,14-. The number of piperidine rings is 1. The maximum Gasteiger partial charge on any atom is 0.410 e. The molecule has 0 unspecified atom stereocenters. The van der Waals surface area contributed by atoms with E-state index >= 15 is 0 Å². The maximum atomic E-state index is 12.5. The number of carbonyl (C=O) groups excluding carboxylic acids is 1. The third-order valence-electron chi connectivity index (χ3n) is 4.32. The Balaban J connectivity index is 2.08. The van der Waals surface area contributed by atoms with Crippen molar-refractivity contribution in [2.24, 2.45) is 7.05 Å². The van der Waals surface area contributed by atoms with Crippen LogP contribution in [0.25, 0.3) is 0 Å². The Labute approximate surface area is 138 Å². The molecule has 0 radical (unpaired) electrons. The van der Waals surface area contributed by atoms with Crippen LogP contribution in [0.2, 0.25) is 0 Å². The predicted molar refractivity (Wildman–Crippen MR) is 89.3 cm³/mol. The summed E-state index contributed by atoms with van der Waals surface area (Å²) in [6, 6.07) is 0.637. The molecule has 2 heterocycles. The summed E-state index contributed by atoms with van der Waals surface area (Å²) in [6.07, 6.45) is 5.01. The summed E-state index contributed by atoms with van der Waals surface area (Å²) in [6.45, 7) is 8.02. The molecule has 3 atom stereocenters. The first kappa shape index (κ1) is 17.6. The van der Waals surface area contributed by atoms with Gasteiger partial charge in [-0.1, -0.05) is 13.8 Å². The van der Waals surface area contributed by atoms with Crippen molar-refractivity contribution in [3.05, 3.63) is 6.33 Å². The molecule has 0 bridgehead atoms. The number of ether oxygens (including phenoxy) is 1. The molecule has 0 spiro atoms. The highest BCUT2D eigenvalue weighted by atomic mass is 16.6. The van der Waals surface area contributed by atoms with Crippen LogP contribution in [-0.4, -0.2) is 50.0 Å². The maximum absolute atomic E-state index is 12.5. The highest BCUT2D eigenvalue weighted by Gasteiger charge is 2.38. The molecule has 1 aromatic heterocycles. The quantitative estimate of drug-likeness (QED) is 0.902. The third kappa shape index (κ3) is 4.36. The molecular weight excluding hydrogens is 294 g/mol. The molecule has 0 saturated carbocycles. The van der Waals surface area contributed by atoms with Crippen molar-refractivity contribution in [3.8, 4) is 0 Å². The van der Waals surface area contributed by atoms with Gasteiger partial charge in [0.2, 0.25) is 5.95 Å². The minimum absolute atomic E-state index is 0.0916. The summed E-state index contributed by atoms with van der Waals surface area (Å²) in [7, 11) is 1.85. The predicted octanol–water partition coefficient (Wildman–Crippen LogP) is 2.79. The largest absolute Gasteiger partial charge is 0.447 e. The summed E-state index contributed by atoms with van der Waals surface area (Å²) in [5.41, 5.74) is 0. The number of carbonyl (C=O) groups is 1. The number of hydrogen-bond donors (Lipinski definition) is 1. The van der Waals surface area contributed by atoms with Gasteiger partial charge in [-0.05, 0) is 39.5 Å². The van der Waals surface area contributed by atoms with Crippen molar-refractivity contribution in [2.75, 3.05) is 5.32 Å². The fourth-order valence-electron chi connectivity index (χ4n) is 3.27. The molecule has 23 heavy (non-hydrogen) atoms. The van der Waals surface area contributed by atoms with Gasteiger partial charge >= 0.3 is 6.09 Å². The summed E-state index contributed by atoms with van der Waals surface area (Å²) in [5.74, 6) is 0.653. The highest BCUT2D eigenvalue weighted by Crippen LogP contribution is 2.29. The van der Waals surface area contributed by atoms with Gasteiger partial charge in [0.05, 0.1) is 6.10 Å². The molecule has 7 nitrogen and oxygen atoms in total. The summed E-state index contributed by atoms with van der Waals surface area (Å²) >= 11 is 0. The van der Waals surface area contributed by atoms with E-state index in [0.717, 1.165) is 25.7 Å². The van der Waals surface area contributed by atoms with E-state index in [1.54, 1.807) is 11.0 Å². The fourth-order valence-corrected chi connectivity index (χ4v) is 3.27. The number of hydrogen-bond acceptors (Lipinski definition) is 5. The van der Waals surface area contributed by atoms with Gasteiger partial charge in [-0.2, -0.15) is 0 Å². The second-order valence-electron chi connectivity index (χ2n) is 6.52. The molecule has 1 fully saturated rings.